The van der Waals surface area contributed by atoms with Crippen molar-refractivity contribution in [3.63, 3.8) is 0 Å². The van der Waals surface area contributed by atoms with Gasteiger partial charge in [0.25, 0.3) is 0 Å². The Morgan fingerprint density at radius 1 is 0.480 bits per heavy atom. The first-order valence-corrected chi connectivity index (χ1v) is 8.50. The van der Waals surface area contributed by atoms with Gasteiger partial charge in [-0.05, 0) is 12.1 Å². The second kappa shape index (κ2) is 8.52. The van der Waals surface area contributed by atoms with E-state index in [2.05, 4.69) is 0 Å². The molecule has 0 amide bonds. The van der Waals surface area contributed by atoms with Crippen molar-refractivity contribution in [2.24, 2.45) is 0 Å². The van der Waals surface area contributed by atoms with Gasteiger partial charge in [0.15, 0.2) is 23.0 Å². The molecule has 6 nitrogen and oxygen atoms in total. The first-order valence-electron chi connectivity index (χ1n) is 7.50. The Balaban J connectivity index is 2.53. The number of methoxy groups -OCH3 is 6. The number of benzene rings is 2. The molecule has 0 heterocycles. The fourth-order valence-electron chi connectivity index (χ4n) is 2.54. The van der Waals surface area contributed by atoms with Crippen LogP contribution in [0.4, 0.5) is 0 Å². The zero-order chi connectivity index (χ0) is 18.4. The second-order valence-corrected chi connectivity index (χ2v) is 6.22. The summed E-state index contributed by atoms with van der Waals surface area (Å²) in [7, 11) is 9.84. The fraction of sp³-hybridized carbons (Fsp3) is 0.333. The van der Waals surface area contributed by atoms with Crippen LogP contribution in [0.5, 0.6) is 34.5 Å². The normalized spacial score (nSPS) is 10.0. The molecule has 1 radical (unpaired) electrons. The van der Waals surface area contributed by atoms with Crippen molar-refractivity contribution in [3.05, 3.63) is 24.3 Å². The summed E-state index contributed by atoms with van der Waals surface area (Å²) in [5.74, 6) is 3.64. The van der Waals surface area contributed by atoms with Gasteiger partial charge >= 0.3 is 0 Å². The summed E-state index contributed by atoms with van der Waals surface area (Å²) >= 11 is 0. The van der Waals surface area contributed by atoms with Crippen molar-refractivity contribution in [2.45, 2.75) is 0 Å². The molecule has 0 aliphatic rings. The highest BCUT2D eigenvalue weighted by Crippen LogP contribution is 2.37. The summed E-state index contributed by atoms with van der Waals surface area (Å²) in [6.07, 6.45) is 0. The van der Waals surface area contributed by atoms with Crippen molar-refractivity contribution in [1.29, 1.82) is 0 Å². The van der Waals surface area contributed by atoms with Crippen molar-refractivity contribution < 1.29 is 28.4 Å². The molecule has 7 heteroatoms. The lowest BCUT2D eigenvalue weighted by Crippen LogP contribution is -2.30. The van der Waals surface area contributed by atoms with E-state index in [1.54, 1.807) is 42.7 Å². The SMILES string of the molecule is COc1ccc([Si-]c2ccc(OC)c(OC)c2OC)c(OC)c1OC. The van der Waals surface area contributed by atoms with Crippen LogP contribution in [0.3, 0.4) is 0 Å². The summed E-state index contributed by atoms with van der Waals surface area (Å²) in [6.45, 7) is 0. The van der Waals surface area contributed by atoms with Crippen molar-refractivity contribution in [2.75, 3.05) is 42.7 Å². The highest BCUT2D eigenvalue weighted by atomic mass is 28.2. The van der Waals surface area contributed by atoms with E-state index in [0.29, 0.717) is 34.5 Å². The minimum Gasteiger partial charge on any atom is -0.496 e. The molecule has 2 aromatic carbocycles. The Morgan fingerprint density at radius 2 is 0.840 bits per heavy atom. The zero-order valence-electron chi connectivity index (χ0n) is 15.3. The molecule has 0 aliphatic heterocycles. The smallest absolute Gasteiger partial charge is 0.200 e. The summed E-state index contributed by atoms with van der Waals surface area (Å²) in [4.78, 5) is 0. The minimum atomic E-state index is 0.261. The highest BCUT2D eigenvalue weighted by molar-refractivity contribution is 6.69. The van der Waals surface area contributed by atoms with Crippen LogP contribution in [-0.4, -0.2) is 52.2 Å². The first kappa shape index (κ1) is 18.8. The summed E-state index contributed by atoms with van der Waals surface area (Å²) in [6, 6.07) is 7.62. The van der Waals surface area contributed by atoms with E-state index in [4.69, 9.17) is 28.4 Å². The van der Waals surface area contributed by atoms with Gasteiger partial charge in [-0.25, -0.2) is 0 Å². The zero-order valence-corrected chi connectivity index (χ0v) is 16.3. The van der Waals surface area contributed by atoms with E-state index < -0.39 is 0 Å². The van der Waals surface area contributed by atoms with Crippen LogP contribution < -0.4 is 38.8 Å². The third kappa shape index (κ3) is 3.61. The Kier molecular flexibility index (Phi) is 6.41. The third-order valence-electron chi connectivity index (χ3n) is 3.68. The summed E-state index contributed by atoms with van der Waals surface area (Å²) < 4.78 is 32.7. The predicted molar refractivity (Wildman–Crippen MR) is 97.2 cm³/mol. The van der Waals surface area contributed by atoms with E-state index in [-0.39, 0.29) is 9.52 Å². The monoisotopic (exact) mass is 362 g/mol. The van der Waals surface area contributed by atoms with Crippen molar-refractivity contribution in [1.82, 2.24) is 0 Å². The van der Waals surface area contributed by atoms with E-state index in [1.165, 1.54) is 0 Å². The number of hydrogen-bond acceptors (Lipinski definition) is 6. The van der Waals surface area contributed by atoms with Gasteiger partial charge in [0.1, 0.15) is 11.5 Å². The Bertz CT molecular complexity index is 670. The van der Waals surface area contributed by atoms with Crippen molar-refractivity contribution in [3.8, 4) is 34.5 Å². The van der Waals surface area contributed by atoms with Gasteiger partial charge in [-0.1, -0.05) is 12.1 Å². The fourth-order valence-corrected chi connectivity index (χ4v) is 3.83. The second-order valence-electron chi connectivity index (χ2n) is 4.89. The maximum Gasteiger partial charge on any atom is 0.200 e. The van der Waals surface area contributed by atoms with Gasteiger partial charge in [0, 0.05) is 0 Å². The molecular weight excluding hydrogens is 340 g/mol. The van der Waals surface area contributed by atoms with E-state index >= 15 is 0 Å². The molecule has 0 bridgehead atoms. The number of hydrogen-bond donors (Lipinski definition) is 0. The maximum absolute atomic E-state index is 5.56. The van der Waals surface area contributed by atoms with Crippen molar-refractivity contribution >= 4 is 19.9 Å². The van der Waals surface area contributed by atoms with Gasteiger partial charge in [0.2, 0.25) is 0 Å². The molecule has 2 rings (SSSR count). The Hall–Kier alpha value is -2.54. The summed E-state index contributed by atoms with van der Waals surface area (Å²) in [5, 5.41) is 1.93. The predicted octanol–water partition coefficient (Wildman–Crippen LogP) is 1.39. The highest BCUT2D eigenvalue weighted by Gasteiger charge is 2.14. The molecule has 0 N–H and O–H groups in total. The van der Waals surface area contributed by atoms with Crippen LogP contribution in [-0.2, 0) is 0 Å². The Labute approximate surface area is 150 Å². The molecule has 0 aromatic heterocycles. The molecular formula is C18H22O6Si-. The van der Waals surface area contributed by atoms with Crippen LogP contribution in [0.2, 0.25) is 0 Å². The first-order chi connectivity index (χ1) is 12.1. The number of ether oxygens (including phenoxy) is 6. The third-order valence-corrected chi connectivity index (χ3v) is 5.00. The quantitative estimate of drug-likeness (QED) is 0.662. The minimum absolute atomic E-state index is 0.261. The lowest BCUT2D eigenvalue weighted by molar-refractivity contribution is 0.325. The lowest BCUT2D eigenvalue weighted by Gasteiger charge is -2.27. The number of rotatable bonds is 8. The molecule has 0 fully saturated rings. The summed E-state index contributed by atoms with van der Waals surface area (Å²) in [5.41, 5.74) is 0. The molecule has 0 saturated carbocycles. The van der Waals surface area contributed by atoms with Gasteiger partial charge in [0.05, 0.1) is 42.7 Å². The van der Waals surface area contributed by atoms with Crippen LogP contribution in [0, 0.1) is 0 Å². The average Bonchev–Trinajstić information content (AvgIpc) is 2.66. The van der Waals surface area contributed by atoms with Gasteiger partial charge in [-0.3, -0.25) is 0 Å². The molecule has 0 atom stereocenters. The average molecular weight is 362 g/mol. The molecule has 0 saturated heterocycles. The van der Waals surface area contributed by atoms with E-state index in [9.17, 15) is 0 Å². The topological polar surface area (TPSA) is 55.4 Å². The molecule has 0 spiro atoms. The van der Waals surface area contributed by atoms with E-state index in [0.717, 1.165) is 10.4 Å². The Morgan fingerprint density at radius 3 is 1.12 bits per heavy atom. The lowest BCUT2D eigenvalue weighted by atomic mass is 10.3. The van der Waals surface area contributed by atoms with Gasteiger partial charge in [-0.15, -0.1) is 0 Å². The van der Waals surface area contributed by atoms with Gasteiger partial charge < -0.3 is 37.9 Å². The standard InChI is InChI=1S/C18H22O6Si/c1-19-11-7-9-13(17(23-5)15(11)21-3)25-14-10-8-12(20-2)16(22-4)18(14)24-6/h7-10H,1-6H3/q-1. The maximum atomic E-state index is 5.56. The van der Waals surface area contributed by atoms with Crippen LogP contribution in [0.1, 0.15) is 0 Å². The van der Waals surface area contributed by atoms with Crippen LogP contribution in [0.25, 0.3) is 0 Å². The van der Waals surface area contributed by atoms with Gasteiger partial charge in [-0.2, -0.15) is 10.4 Å². The van der Waals surface area contributed by atoms with Crippen LogP contribution >= 0.6 is 0 Å². The molecule has 2 aromatic rings. The van der Waals surface area contributed by atoms with E-state index in [1.807, 2.05) is 24.3 Å². The molecule has 0 unspecified atom stereocenters. The molecule has 25 heavy (non-hydrogen) atoms. The molecule has 135 valence electrons. The van der Waals surface area contributed by atoms with Crippen LogP contribution in [0.15, 0.2) is 24.3 Å². The largest absolute Gasteiger partial charge is 0.496 e. The molecule has 0 aliphatic carbocycles.